The molecule has 1 aliphatic rings. The van der Waals surface area contributed by atoms with Crippen LogP contribution in [0, 0.1) is 0 Å². The highest BCUT2D eigenvalue weighted by Gasteiger charge is 2.20. The number of nitrogens with two attached hydrogens (primary N) is 1. The molecule has 0 radical (unpaired) electrons. The Kier molecular flexibility index (Phi) is 4.39. The van der Waals surface area contributed by atoms with Gasteiger partial charge in [-0.15, -0.1) is 0 Å². The molecule has 4 heteroatoms. The third-order valence-electron chi connectivity index (χ3n) is 3.92. The lowest BCUT2D eigenvalue weighted by Crippen LogP contribution is -2.15. The van der Waals surface area contributed by atoms with Crippen LogP contribution in [0.1, 0.15) is 22.6 Å². The Hall–Kier alpha value is -1.22. The highest BCUT2D eigenvalue weighted by molar-refractivity contribution is 6.31. The van der Waals surface area contributed by atoms with Crippen LogP contribution in [-0.2, 0) is 12.8 Å². The first-order chi connectivity index (χ1) is 10.2. The summed E-state index contributed by atoms with van der Waals surface area (Å²) in [5.41, 5.74) is 9.49. The van der Waals surface area contributed by atoms with Gasteiger partial charge in [-0.3, -0.25) is 0 Å². The monoisotopic (exact) mass is 321 g/mol. The molecule has 21 heavy (non-hydrogen) atoms. The zero-order valence-corrected chi connectivity index (χ0v) is 13.1. The first-order valence-electron chi connectivity index (χ1n) is 7.07. The summed E-state index contributed by atoms with van der Waals surface area (Å²) in [7, 11) is 0. The fraction of sp³-hybridized carbons (Fsp3) is 0.294. The van der Waals surface area contributed by atoms with Crippen LogP contribution < -0.4 is 10.5 Å². The predicted molar refractivity (Wildman–Crippen MR) is 87.6 cm³/mol. The summed E-state index contributed by atoms with van der Waals surface area (Å²) in [6.45, 7) is 1.31. The molecule has 3 rings (SSSR count). The lowest BCUT2D eigenvalue weighted by molar-refractivity contribution is 0.352. The van der Waals surface area contributed by atoms with Gasteiger partial charge in [0.1, 0.15) is 5.75 Å². The Morgan fingerprint density at radius 1 is 1.10 bits per heavy atom. The average Bonchev–Trinajstić information content (AvgIpc) is 2.94. The van der Waals surface area contributed by atoms with Gasteiger partial charge in [-0.25, -0.2) is 0 Å². The molecule has 2 N–H and O–H groups in total. The van der Waals surface area contributed by atoms with E-state index in [0.717, 1.165) is 40.8 Å². The fourth-order valence-electron chi connectivity index (χ4n) is 2.84. The van der Waals surface area contributed by atoms with Gasteiger partial charge in [-0.1, -0.05) is 35.3 Å². The second-order valence-electron chi connectivity index (χ2n) is 5.34. The highest BCUT2D eigenvalue weighted by Crippen LogP contribution is 2.35. The molecule has 0 saturated carbocycles. The third kappa shape index (κ3) is 3.18. The molecule has 0 aromatic heterocycles. The highest BCUT2D eigenvalue weighted by atomic mass is 35.5. The molecule has 1 aliphatic heterocycles. The maximum Gasteiger partial charge on any atom is 0.125 e. The van der Waals surface area contributed by atoms with E-state index in [2.05, 4.69) is 0 Å². The minimum atomic E-state index is 0.231. The number of fused-ring (bicyclic) bond motifs is 1. The van der Waals surface area contributed by atoms with Crippen LogP contribution in [0.5, 0.6) is 5.75 Å². The maximum atomic E-state index is 6.22. The van der Waals surface area contributed by atoms with Gasteiger partial charge in [0.15, 0.2) is 0 Å². The molecule has 0 amide bonds. The summed E-state index contributed by atoms with van der Waals surface area (Å²) in [5.74, 6) is 1.22. The molecular weight excluding hydrogens is 305 g/mol. The number of benzene rings is 2. The van der Waals surface area contributed by atoms with Crippen LogP contribution in [0.15, 0.2) is 36.4 Å². The van der Waals surface area contributed by atoms with Gasteiger partial charge in [-0.05, 0) is 53.9 Å². The molecule has 2 aromatic carbocycles. The number of rotatable bonds is 4. The summed E-state index contributed by atoms with van der Waals surface area (Å²) < 4.78 is 5.76. The summed E-state index contributed by atoms with van der Waals surface area (Å²) in [5, 5.41) is 1.50. The summed E-state index contributed by atoms with van der Waals surface area (Å²) in [6, 6.07) is 11.9. The molecule has 0 bridgehead atoms. The van der Waals surface area contributed by atoms with E-state index in [4.69, 9.17) is 33.7 Å². The molecule has 0 spiro atoms. The first kappa shape index (κ1) is 14.7. The molecule has 110 valence electrons. The van der Waals surface area contributed by atoms with Crippen molar-refractivity contribution in [3.8, 4) is 5.75 Å². The van der Waals surface area contributed by atoms with Gasteiger partial charge in [-0.2, -0.15) is 0 Å². The Bertz CT molecular complexity index is 640. The van der Waals surface area contributed by atoms with Crippen LogP contribution in [0.2, 0.25) is 10.0 Å². The van der Waals surface area contributed by atoms with Crippen LogP contribution >= 0.6 is 23.2 Å². The zero-order chi connectivity index (χ0) is 14.8. The van der Waals surface area contributed by atoms with Crippen molar-refractivity contribution >= 4 is 23.2 Å². The van der Waals surface area contributed by atoms with E-state index in [0.29, 0.717) is 6.54 Å². The van der Waals surface area contributed by atoms with Crippen LogP contribution in [0.4, 0.5) is 0 Å². The van der Waals surface area contributed by atoms with Crippen molar-refractivity contribution in [2.75, 3.05) is 13.2 Å². The van der Waals surface area contributed by atoms with Crippen molar-refractivity contribution in [1.29, 1.82) is 0 Å². The van der Waals surface area contributed by atoms with Crippen molar-refractivity contribution < 1.29 is 4.74 Å². The van der Waals surface area contributed by atoms with E-state index in [1.807, 2.05) is 36.4 Å². The molecule has 1 atom stereocenters. The van der Waals surface area contributed by atoms with Gasteiger partial charge < -0.3 is 10.5 Å². The van der Waals surface area contributed by atoms with E-state index in [1.165, 1.54) is 11.1 Å². The quantitative estimate of drug-likeness (QED) is 0.915. The van der Waals surface area contributed by atoms with Crippen LogP contribution in [0.25, 0.3) is 0 Å². The van der Waals surface area contributed by atoms with Crippen molar-refractivity contribution in [2.45, 2.75) is 18.8 Å². The van der Waals surface area contributed by atoms with E-state index in [-0.39, 0.29) is 5.92 Å². The number of ether oxygens (including phenoxy) is 1. The smallest absolute Gasteiger partial charge is 0.125 e. The minimum absolute atomic E-state index is 0.231. The molecular formula is C17H17Cl2NO. The summed E-state index contributed by atoms with van der Waals surface area (Å²) in [6.07, 6.45) is 1.75. The lowest BCUT2D eigenvalue weighted by atomic mass is 9.91. The SMILES string of the molecule is NCC(Cc1cc(Cl)cc2c1OCC2)c1ccc(Cl)cc1. The predicted octanol–water partition coefficient (Wildman–Crippen LogP) is 4.21. The molecule has 0 saturated heterocycles. The summed E-state index contributed by atoms with van der Waals surface area (Å²) >= 11 is 12.2. The first-order valence-corrected chi connectivity index (χ1v) is 7.82. The van der Waals surface area contributed by atoms with E-state index in [9.17, 15) is 0 Å². The zero-order valence-electron chi connectivity index (χ0n) is 11.6. The van der Waals surface area contributed by atoms with Crippen LogP contribution in [-0.4, -0.2) is 13.2 Å². The molecule has 1 heterocycles. The lowest BCUT2D eigenvalue weighted by Gasteiger charge is -2.17. The topological polar surface area (TPSA) is 35.2 Å². The molecule has 2 nitrogen and oxygen atoms in total. The minimum Gasteiger partial charge on any atom is -0.493 e. The third-order valence-corrected chi connectivity index (χ3v) is 4.39. The maximum absolute atomic E-state index is 6.22. The Balaban J connectivity index is 1.89. The van der Waals surface area contributed by atoms with Crippen molar-refractivity contribution in [3.63, 3.8) is 0 Å². The standard InChI is InChI=1S/C17H17Cl2NO/c18-15-3-1-11(2-4-15)14(10-20)7-13-9-16(19)8-12-5-6-21-17(12)13/h1-4,8-9,14H,5-7,10,20H2. The van der Waals surface area contributed by atoms with Crippen LogP contribution in [0.3, 0.4) is 0 Å². The Morgan fingerprint density at radius 3 is 2.57 bits per heavy atom. The molecule has 0 aliphatic carbocycles. The number of halogens is 2. The van der Waals surface area contributed by atoms with E-state index in [1.54, 1.807) is 0 Å². The van der Waals surface area contributed by atoms with Gasteiger partial charge in [0.05, 0.1) is 6.61 Å². The van der Waals surface area contributed by atoms with Crippen molar-refractivity contribution in [2.24, 2.45) is 5.73 Å². The molecule has 1 unspecified atom stereocenters. The van der Waals surface area contributed by atoms with Crippen molar-refractivity contribution in [1.82, 2.24) is 0 Å². The average molecular weight is 322 g/mol. The Morgan fingerprint density at radius 2 is 1.86 bits per heavy atom. The normalized spacial score (nSPS) is 14.6. The fourth-order valence-corrected chi connectivity index (χ4v) is 3.22. The van der Waals surface area contributed by atoms with Gasteiger partial charge in [0, 0.05) is 22.4 Å². The summed E-state index contributed by atoms with van der Waals surface area (Å²) in [4.78, 5) is 0. The number of hydrogen-bond donors (Lipinski definition) is 1. The van der Waals surface area contributed by atoms with Gasteiger partial charge >= 0.3 is 0 Å². The molecule has 2 aromatic rings. The molecule has 0 fully saturated rings. The second-order valence-corrected chi connectivity index (χ2v) is 6.21. The second kappa shape index (κ2) is 6.27. The van der Waals surface area contributed by atoms with Crippen molar-refractivity contribution in [3.05, 3.63) is 63.1 Å². The largest absolute Gasteiger partial charge is 0.493 e. The van der Waals surface area contributed by atoms with Gasteiger partial charge in [0.2, 0.25) is 0 Å². The van der Waals surface area contributed by atoms with Gasteiger partial charge in [0.25, 0.3) is 0 Å². The van der Waals surface area contributed by atoms with E-state index >= 15 is 0 Å². The van der Waals surface area contributed by atoms with E-state index < -0.39 is 0 Å². The number of hydrogen-bond acceptors (Lipinski definition) is 2. The Labute approximate surface area is 134 Å².